The van der Waals surface area contributed by atoms with E-state index in [-0.39, 0.29) is 11.8 Å². The molecule has 2 aliphatic rings. The minimum Gasteiger partial charge on any atom is -0.493 e. The molecule has 3 heterocycles. The van der Waals surface area contributed by atoms with Crippen molar-refractivity contribution in [2.75, 3.05) is 46.9 Å². The van der Waals surface area contributed by atoms with Gasteiger partial charge in [-0.2, -0.15) is 0 Å². The molecule has 192 valence electrons. The predicted molar refractivity (Wildman–Crippen MR) is 142 cm³/mol. The Morgan fingerprint density at radius 2 is 1.81 bits per heavy atom. The smallest absolute Gasteiger partial charge is 0.251 e. The molecule has 0 atom stereocenters. The maximum absolute atomic E-state index is 13.4. The SMILES string of the molecule is COc1cc2c(cc1OC)CN(C(=O)C1=CCCN(CCNC(=O)c3ccc4ncccc4c3)C1)CC2. The Labute approximate surface area is 216 Å². The number of nitrogens with one attached hydrogen (secondary N) is 1. The van der Waals surface area contributed by atoms with Crippen LogP contribution < -0.4 is 14.8 Å². The fraction of sp³-hybridized carbons (Fsp3) is 0.345. The summed E-state index contributed by atoms with van der Waals surface area (Å²) in [5.74, 6) is 1.38. The first-order chi connectivity index (χ1) is 18.1. The zero-order valence-electron chi connectivity index (χ0n) is 21.3. The Kier molecular flexibility index (Phi) is 7.37. The standard InChI is InChI=1S/C29H32N4O4/c1-36-26-16-20-9-13-33(19-24(20)17-27(26)37-2)29(35)23-6-4-12-32(18-23)14-11-31-28(34)22-7-8-25-21(15-22)5-3-10-30-25/h3,5-8,10,15-17H,4,9,11-14,18-19H2,1-2H3,(H,31,34). The zero-order valence-corrected chi connectivity index (χ0v) is 21.3. The van der Waals surface area contributed by atoms with Gasteiger partial charge in [0.05, 0.1) is 19.7 Å². The quantitative estimate of drug-likeness (QED) is 0.537. The highest BCUT2D eigenvalue weighted by Crippen LogP contribution is 2.33. The van der Waals surface area contributed by atoms with Crippen molar-refractivity contribution in [3.05, 3.63) is 77.0 Å². The number of methoxy groups -OCH3 is 2. The van der Waals surface area contributed by atoms with Crippen molar-refractivity contribution < 1.29 is 19.1 Å². The van der Waals surface area contributed by atoms with Crippen LogP contribution in [0, 0.1) is 0 Å². The molecular formula is C29H32N4O4. The van der Waals surface area contributed by atoms with Gasteiger partial charge in [0.2, 0.25) is 0 Å². The fourth-order valence-electron chi connectivity index (χ4n) is 5.06. The summed E-state index contributed by atoms with van der Waals surface area (Å²) in [6.07, 6.45) is 5.41. The van der Waals surface area contributed by atoms with Crippen LogP contribution in [0.4, 0.5) is 0 Å². The van der Waals surface area contributed by atoms with E-state index < -0.39 is 0 Å². The van der Waals surface area contributed by atoms with Crippen LogP contribution >= 0.6 is 0 Å². The highest BCUT2D eigenvalue weighted by atomic mass is 16.5. The van der Waals surface area contributed by atoms with Crippen LogP contribution in [0.1, 0.15) is 27.9 Å². The lowest BCUT2D eigenvalue weighted by Crippen LogP contribution is -2.43. The van der Waals surface area contributed by atoms with Crippen LogP contribution in [0.5, 0.6) is 11.5 Å². The van der Waals surface area contributed by atoms with Gasteiger partial charge in [0.25, 0.3) is 11.8 Å². The van der Waals surface area contributed by atoms with Crippen molar-refractivity contribution in [1.82, 2.24) is 20.1 Å². The summed E-state index contributed by atoms with van der Waals surface area (Å²) in [6.45, 7) is 3.90. The molecule has 0 fully saturated rings. The van der Waals surface area contributed by atoms with Gasteiger partial charge >= 0.3 is 0 Å². The molecule has 1 N–H and O–H groups in total. The third-order valence-electron chi connectivity index (χ3n) is 7.09. The van der Waals surface area contributed by atoms with E-state index in [1.807, 2.05) is 41.3 Å². The maximum Gasteiger partial charge on any atom is 0.251 e. The van der Waals surface area contributed by atoms with E-state index >= 15 is 0 Å². The normalized spacial score (nSPS) is 15.6. The molecule has 5 rings (SSSR count). The first-order valence-electron chi connectivity index (χ1n) is 12.6. The molecule has 0 bridgehead atoms. The van der Waals surface area contributed by atoms with Crippen molar-refractivity contribution >= 4 is 22.7 Å². The molecule has 0 radical (unpaired) electrons. The summed E-state index contributed by atoms with van der Waals surface area (Å²) >= 11 is 0. The maximum atomic E-state index is 13.4. The molecule has 8 nitrogen and oxygen atoms in total. The summed E-state index contributed by atoms with van der Waals surface area (Å²) in [4.78, 5) is 34.5. The largest absolute Gasteiger partial charge is 0.493 e. The molecule has 0 unspecified atom stereocenters. The number of hydrogen-bond donors (Lipinski definition) is 1. The Morgan fingerprint density at radius 3 is 2.62 bits per heavy atom. The van der Waals surface area contributed by atoms with Gasteiger partial charge < -0.3 is 19.7 Å². The van der Waals surface area contributed by atoms with E-state index in [9.17, 15) is 9.59 Å². The van der Waals surface area contributed by atoms with E-state index in [2.05, 4.69) is 21.3 Å². The molecular weight excluding hydrogens is 468 g/mol. The molecule has 0 aliphatic carbocycles. The average Bonchev–Trinajstić information content (AvgIpc) is 2.95. The number of nitrogens with zero attached hydrogens (tertiary/aromatic N) is 3. The summed E-state index contributed by atoms with van der Waals surface area (Å²) < 4.78 is 10.9. The minimum absolute atomic E-state index is 0.0824. The molecule has 0 saturated heterocycles. The van der Waals surface area contributed by atoms with Gasteiger partial charge in [0.1, 0.15) is 0 Å². The number of pyridine rings is 1. The average molecular weight is 501 g/mol. The van der Waals surface area contributed by atoms with Crippen molar-refractivity contribution in [2.24, 2.45) is 0 Å². The van der Waals surface area contributed by atoms with Crippen molar-refractivity contribution in [1.29, 1.82) is 0 Å². The van der Waals surface area contributed by atoms with Gasteiger partial charge in [0, 0.05) is 62.0 Å². The topological polar surface area (TPSA) is 84.0 Å². The van der Waals surface area contributed by atoms with Crippen LogP contribution in [0.25, 0.3) is 10.9 Å². The second kappa shape index (κ2) is 11.0. The summed E-state index contributed by atoms with van der Waals surface area (Å²) in [6, 6.07) is 13.3. The highest BCUT2D eigenvalue weighted by molar-refractivity contribution is 5.98. The minimum atomic E-state index is -0.103. The molecule has 2 aromatic carbocycles. The number of benzene rings is 2. The summed E-state index contributed by atoms with van der Waals surface area (Å²) in [5.41, 5.74) is 4.60. The lowest BCUT2D eigenvalue weighted by molar-refractivity contribution is -0.128. The molecule has 3 aromatic rings. The second-order valence-corrected chi connectivity index (χ2v) is 9.41. The van der Waals surface area contributed by atoms with Crippen LogP contribution in [-0.4, -0.2) is 73.5 Å². The Balaban J connectivity index is 1.15. The van der Waals surface area contributed by atoms with Gasteiger partial charge in [0.15, 0.2) is 11.5 Å². The van der Waals surface area contributed by atoms with Crippen LogP contribution in [0.2, 0.25) is 0 Å². The molecule has 0 spiro atoms. The van der Waals surface area contributed by atoms with E-state index in [0.29, 0.717) is 44.0 Å². The number of amides is 2. The van der Waals surface area contributed by atoms with Gasteiger partial charge in [-0.3, -0.25) is 19.5 Å². The first-order valence-corrected chi connectivity index (χ1v) is 12.6. The predicted octanol–water partition coefficient (Wildman–Crippen LogP) is 3.20. The molecule has 1 aromatic heterocycles. The van der Waals surface area contributed by atoms with E-state index in [1.54, 1.807) is 26.5 Å². The number of aromatic nitrogens is 1. The third-order valence-corrected chi connectivity index (χ3v) is 7.09. The van der Waals surface area contributed by atoms with E-state index in [0.717, 1.165) is 47.2 Å². The Morgan fingerprint density at radius 1 is 1.00 bits per heavy atom. The van der Waals surface area contributed by atoms with Gasteiger partial charge in [-0.15, -0.1) is 0 Å². The molecule has 2 amide bonds. The fourth-order valence-corrected chi connectivity index (χ4v) is 5.06. The summed E-state index contributed by atoms with van der Waals surface area (Å²) in [5, 5.41) is 3.95. The first kappa shape index (κ1) is 24.8. The van der Waals surface area contributed by atoms with Crippen LogP contribution in [0.15, 0.2) is 60.3 Å². The van der Waals surface area contributed by atoms with Crippen LogP contribution in [0.3, 0.4) is 0 Å². The third kappa shape index (κ3) is 5.44. The molecule has 37 heavy (non-hydrogen) atoms. The molecule has 8 heteroatoms. The van der Waals surface area contributed by atoms with E-state index in [4.69, 9.17) is 9.47 Å². The van der Waals surface area contributed by atoms with Crippen molar-refractivity contribution in [3.8, 4) is 11.5 Å². The van der Waals surface area contributed by atoms with Crippen LogP contribution in [-0.2, 0) is 17.8 Å². The van der Waals surface area contributed by atoms with Crippen molar-refractivity contribution in [3.63, 3.8) is 0 Å². The number of carbonyl (C=O) groups excluding carboxylic acids is 2. The number of rotatable bonds is 7. The van der Waals surface area contributed by atoms with Gasteiger partial charge in [-0.25, -0.2) is 0 Å². The zero-order chi connectivity index (χ0) is 25.8. The van der Waals surface area contributed by atoms with Gasteiger partial charge in [-0.05, 0) is 60.4 Å². The lowest BCUT2D eigenvalue weighted by Gasteiger charge is -2.33. The molecule has 0 saturated carbocycles. The Hall–Kier alpha value is -3.91. The van der Waals surface area contributed by atoms with E-state index in [1.165, 1.54) is 5.56 Å². The lowest BCUT2D eigenvalue weighted by atomic mass is 9.97. The monoisotopic (exact) mass is 500 g/mol. The highest BCUT2D eigenvalue weighted by Gasteiger charge is 2.27. The number of fused-ring (bicyclic) bond motifs is 2. The Bertz CT molecular complexity index is 1350. The van der Waals surface area contributed by atoms with Gasteiger partial charge in [-0.1, -0.05) is 12.1 Å². The number of carbonyl (C=O) groups is 2. The second-order valence-electron chi connectivity index (χ2n) is 9.41. The number of ether oxygens (including phenoxy) is 2. The van der Waals surface area contributed by atoms with Crippen molar-refractivity contribution in [2.45, 2.75) is 19.4 Å². The summed E-state index contributed by atoms with van der Waals surface area (Å²) in [7, 11) is 3.26. The molecule has 2 aliphatic heterocycles. The number of hydrogen-bond acceptors (Lipinski definition) is 6.